The molecule has 2 rings (SSSR count). The highest BCUT2D eigenvalue weighted by atomic mass is 35.5. The number of hydrogen-bond acceptors (Lipinski definition) is 5. The molecule has 0 aromatic heterocycles. The number of hydrogen-bond donors (Lipinski definition) is 2. The molecule has 0 radical (unpaired) electrons. The number of methoxy groups -OCH3 is 1. The molecule has 0 spiro atoms. The largest absolute Gasteiger partial charge is 0.465 e. The Balaban J connectivity index is 2.26. The van der Waals surface area contributed by atoms with Crippen molar-refractivity contribution in [2.45, 2.75) is 0 Å². The summed E-state index contributed by atoms with van der Waals surface area (Å²) in [5.74, 6) is -1.16. The molecule has 1 amide bonds. The summed E-state index contributed by atoms with van der Waals surface area (Å²) in [6.07, 6.45) is 0.998. The fourth-order valence-electron chi connectivity index (χ4n) is 2.03. The lowest BCUT2D eigenvalue weighted by Crippen LogP contribution is -2.14. The number of esters is 1. The van der Waals surface area contributed by atoms with Gasteiger partial charge in [-0.3, -0.25) is 9.52 Å². The maximum absolute atomic E-state index is 12.4. The van der Waals surface area contributed by atoms with Gasteiger partial charge in [0.15, 0.2) is 0 Å². The molecule has 0 bridgehead atoms. The molecule has 0 aliphatic carbocycles. The Labute approximate surface area is 160 Å². The molecule has 0 aliphatic rings. The number of ether oxygens (including phenoxy) is 1. The second kappa shape index (κ2) is 7.94. The minimum atomic E-state index is -3.47. The van der Waals surface area contributed by atoms with Gasteiger partial charge in [0.25, 0.3) is 5.91 Å². The summed E-state index contributed by atoms with van der Waals surface area (Å²) in [6.45, 7) is 0. The van der Waals surface area contributed by atoms with Crippen LogP contribution in [-0.4, -0.2) is 33.7 Å². The van der Waals surface area contributed by atoms with Crippen molar-refractivity contribution in [3.8, 4) is 0 Å². The molecule has 7 nitrogen and oxygen atoms in total. The van der Waals surface area contributed by atoms with Crippen molar-refractivity contribution in [3.05, 3.63) is 57.6 Å². The van der Waals surface area contributed by atoms with Crippen LogP contribution in [0.5, 0.6) is 0 Å². The van der Waals surface area contributed by atoms with Crippen LogP contribution in [0.2, 0.25) is 10.0 Å². The van der Waals surface area contributed by atoms with Crippen LogP contribution in [0.15, 0.2) is 36.4 Å². The lowest BCUT2D eigenvalue weighted by Gasteiger charge is -2.11. The average Bonchev–Trinajstić information content (AvgIpc) is 2.54. The van der Waals surface area contributed by atoms with Crippen LogP contribution in [0.4, 0.5) is 11.4 Å². The van der Waals surface area contributed by atoms with Crippen molar-refractivity contribution in [3.63, 3.8) is 0 Å². The quantitative estimate of drug-likeness (QED) is 0.727. The van der Waals surface area contributed by atoms with Crippen molar-refractivity contribution >= 4 is 56.5 Å². The van der Waals surface area contributed by atoms with E-state index in [0.717, 1.165) is 6.26 Å². The van der Waals surface area contributed by atoms with Gasteiger partial charge >= 0.3 is 5.97 Å². The van der Waals surface area contributed by atoms with Gasteiger partial charge in [0.2, 0.25) is 10.0 Å². The molecule has 0 saturated carbocycles. The van der Waals surface area contributed by atoms with Crippen LogP contribution >= 0.6 is 23.2 Å². The van der Waals surface area contributed by atoms with Crippen LogP contribution < -0.4 is 10.0 Å². The molecule has 0 fully saturated rings. The second-order valence-corrected chi connectivity index (χ2v) is 7.77. The van der Waals surface area contributed by atoms with E-state index in [-0.39, 0.29) is 32.5 Å². The third kappa shape index (κ3) is 5.10. The number of sulfonamides is 1. The van der Waals surface area contributed by atoms with E-state index in [4.69, 9.17) is 23.2 Å². The zero-order valence-electron chi connectivity index (χ0n) is 13.7. The van der Waals surface area contributed by atoms with E-state index < -0.39 is 21.9 Å². The highest BCUT2D eigenvalue weighted by molar-refractivity contribution is 7.92. The molecule has 10 heteroatoms. The van der Waals surface area contributed by atoms with Gasteiger partial charge in [-0.1, -0.05) is 23.2 Å². The Hall–Kier alpha value is -2.29. The normalized spacial score (nSPS) is 10.9. The number of amides is 1. The first-order valence-electron chi connectivity index (χ1n) is 7.07. The van der Waals surface area contributed by atoms with Gasteiger partial charge in [0.1, 0.15) is 0 Å². The topological polar surface area (TPSA) is 102 Å². The fourth-order valence-corrected chi connectivity index (χ4v) is 3.02. The standard InChI is InChI=1S/C16H14Cl2N2O5S/c1-25-16(22)9-3-6-12(17)14(7-9)19-15(21)11-5-4-10(8-13(11)18)20-26(2,23)24/h3-8,20H,1-2H3,(H,19,21). The lowest BCUT2D eigenvalue weighted by molar-refractivity contribution is 0.0600. The molecule has 2 aromatic rings. The van der Waals surface area contributed by atoms with Crippen LogP contribution in [0.1, 0.15) is 20.7 Å². The molecule has 138 valence electrons. The summed E-state index contributed by atoms with van der Waals surface area (Å²) in [6, 6.07) is 8.35. The predicted octanol–water partition coefficient (Wildman–Crippen LogP) is 3.40. The fraction of sp³-hybridized carbons (Fsp3) is 0.125. The number of rotatable bonds is 5. The van der Waals surface area contributed by atoms with Gasteiger partial charge in [-0.05, 0) is 36.4 Å². The number of carbonyl (C=O) groups is 2. The van der Waals surface area contributed by atoms with Crippen LogP contribution in [0.25, 0.3) is 0 Å². The maximum Gasteiger partial charge on any atom is 0.337 e. The van der Waals surface area contributed by atoms with Crippen LogP contribution in [0.3, 0.4) is 0 Å². The molecule has 0 atom stereocenters. The first-order valence-corrected chi connectivity index (χ1v) is 9.72. The van der Waals surface area contributed by atoms with Crippen LogP contribution in [0, 0.1) is 0 Å². The van der Waals surface area contributed by atoms with Gasteiger partial charge in [0, 0.05) is 5.69 Å². The molecule has 2 N–H and O–H groups in total. The first kappa shape index (κ1) is 20.0. The number of carbonyl (C=O) groups excluding carboxylic acids is 2. The summed E-state index contributed by atoms with van der Waals surface area (Å²) >= 11 is 12.1. The van der Waals surface area contributed by atoms with E-state index in [1.54, 1.807) is 0 Å². The predicted molar refractivity (Wildman–Crippen MR) is 101 cm³/mol. The molecule has 26 heavy (non-hydrogen) atoms. The summed E-state index contributed by atoms with van der Waals surface area (Å²) in [7, 11) is -2.23. The Kier molecular flexibility index (Phi) is 6.12. The molecular weight excluding hydrogens is 403 g/mol. The van der Waals surface area contributed by atoms with E-state index in [9.17, 15) is 18.0 Å². The average molecular weight is 417 g/mol. The van der Waals surface area contributed by atoms with E-state index in [0.29, 0.717) is 0 Å². The molecule has 0 aliphatic heterocycles. The molecule has 0 unspecified atom stereocenters. The minimum Gasteiger partial charge on any atom is -0.465 e. The van der Waals surface area contributed by atoms with Gasteiger partial charge in [0.05, 0.1) is 40.2 Å². The third-order valence-corrected chi connectivity index (χ3v) is 4.40. The zero-order valence-corrected chi connectivity index (χ0v) is 16.0. The maximum atomic E-state index is 12.4. The van der Waals surface area contributed by atoms with Gasteiger partial charge in [-0.2, -0.15) is 0 Å². The highest BCUT2D eigenvalue weighted by Crippen LogP contribution is 2.26. The van der Waals surface area contributed by atoms with Crippen molar-refractivity contribution in [2.75, 3.05) is 23.4 Å². The summed E-state index contributed by atoms with van der Waals surface area (Å²) in [5.41, 5.74) is 0.741. The smallest absolute Gasteiger partial charge is 0.337 e. The van der Waals surface area contributed by atoms with Gasteiger partial charge < -0.3 is 10.1 Å². The van der Waals surface area contributed by atoms with E-state index in [2.05, 4.69) is 14.8 Å². The lowest BCUT2D eigenvalue weighted by atomic mass is 10.1. The number of anilines is 2. The van der Waals surface area contributed by atoms with Gasteiger partial charge in [-0.25, -0.2) is 13.2 Å². The third-order valence-electron chi connectivity index (χ3n) is 3.15. The minimum absolute atomic E-state index is 0.0383. The monoisotopic (exact) mass is 416 g/mol. The van der Waals surface area contributed by atoms with Crippen molar-refractivity contribution in [2.24, 2.45) is 0 Å². The van der Waals surface area contributed by atoms with E-state index in [1.165, 1.54) is 43.5 Å². The van der Waals surface area contributed by atoms with E-state index >= 15 is 0 Å². The SMILES string of the molecule is COC(=O)c1ccc(Cl)c(NC(=O)c2ccc(NS(C)(=O)=O)cc2Cl)c1. The number of halogens is 2. The molecular formula is C16H14Cl2N2O5S. The van der Waals surface area contributed by atoms with Crippen molar-refractivity contribution < 1.29 is 22.7 Å². The molecule has 0 saturated heterocycles. The summed E-state index contributed by atoms with van der Waals surface area (Å²) < 4.78 is 29.3. The van der Waals surface area contributed by atoms with E-state index in [1.807, 2.05) is 0 Å². The Morgan fingerprint density at radius 3 is 2.31 bits per heavy atom. The Bertz CT molecular complexity index is 977. The van der Waals surface area contributed by atoms with Crippen molar-refractivity contribution in [1.82, 2.24) is 0 Å². The van der Waals surface area contributed by atoms with Crippen molar-refractivity contribution in [1.29, 1.82) is 0 Å². The molecule has 0 heterocycles. The second-order valence-electron chi connectivity index (χ2n) is 5.21. The van der Waals surface area contributed by atoms with Crippen LogP contribution in [-0.2, 0) is 14.8 Å². The Morgan fingerprint density at radius 2 is 1.73 bits per heavy atom. The summed E-state index contributed by atoms with van der Waals surface area (Å²) in [4.78, 5) is 24.0. The van der Waals surface area contributed by atoms with Gasteiger partial charge in [-0.15, -0.1) is 0 Å². The molecule has 2 aromatic carbocycles. The highest BCUT2D eigenvalue weighted by Gasteiger charge is 2.15. The number of nitrogens with one attached hydrogen (secondary N) is 2. The Morgan fingerprint density at radius 1 is 1.04 bits per heavy atom. The summed E-state index contributed by atoms with van der Waals surface area (Å²) in [5, 5.41) is 2.81. The zero-order chi connectivity index (χ0) is 19.5. The first-order chi connectivity index (χ1) is 12.1. The number of benzene rings is 2.